The predicted octanol–water partition coefficient (Wildman–Crippen LogP) is 6.95. The summed E-state index contributed by atoms with van der Waals surface area (Å²) in [4.78, 5) is 0. The van der Waals surface area contributed by atoms with Crippen molar-refractivity contribution in [1.82, 2.24) is 4.72 Å². The zero-order chi connectivity index (χ0) is 30.0. The number of alkyl halides is 16. The Morgan fingerprint density at radius 3 is 1.22 bits per heavy atom. The van der Waals surface area contributed by atoms with Crippen LogP contribution in [0.3, 0.4) is 0 Å². The highest BCUT2D eigenvalue weighted by molar-refractivity contribution is 7.84. The van der Waals surface area contributed by atoms with Gasteiger partial charge >= 0.3 is 52.1 Å². The summed E-state index contributed by atoms with van der Waals surface area (Å²) in [5, 5.41) is 0. The topological polar surface area (TPSA) is 46.2 Å². The molecule has 0 fully saturated rings. The molecule has 21 heteroatoms. The van der Waals surface area contributed by atoms with E-state index < -0.39 is 58.8 Å². The van der Waals surface area contributed by atoms with Gasteiger partial charge in [-0.15, -0.1) is 0 Å². The lowest BCUT2D eigenvalue weighted by atomic mass is 9.91. The van der Waals surface area contributed by atoms with Gasteiger partial charge in [-0.25, -0.2) is 4.39 Å². The Balaban J connectivity index is 0. The molecule has 0 heterocycles. The normalized spacial score (nSPS) is 15.4. The highest BCUT2D eigenvalue weighted by atomic mass is 32.3. The van der Waals surface area contributed by atoms with Crippen molar-refractivity contribution in [3.63, 3.8) is 0 Å². The Morgan fingerprint density at radius 2 is 0.944 bits per heavy atom. The van der Waals surface area contributed by atoms with E-state index in [1.54, 1.807) is 4.72 Å². The van der Waals surface area contributed by atoms with Gasteiger partial charge in [-0.3, -0.25) is 0 Å². The quantitative estimate of drug-likeness (QED) is 0.168. The molecule has 0 bridgehead atoms. The maximum absolute atomic E-state index is 12.8. The molecule has 0 aromatic carbocycles. The van der Waals surface area contributed by atoms with E-state index in [0.717, 1.165) is 6.42 Å². The lowest BCUT2D eigenvalue weighted by Gasteiger charge is -2.41. The lowest BCUT2D eigenvalue weighted by Crippen LogP contribution is -2.72. The summed E-state index contributed by atoms with van der Waals surface area (Å²) >= 11 is 0. The molecule has 0 saturated heterocycles. The predicted molar refractivity (Wildman–Crippen MR) is 88.4 cm³/mol. The van der Waals surface area contributed by atoms with Gasteiger partial charge in [0.15, 0.2) is 6.67 Å². The molecule has 0 aromatic rings. The van der Waals surface area contributed by atoms with Crippen LogP contribution in [0.4, 0.5) is 74.1 Å². The largest absolute Gasteiger partial charge is 0.460 e. The average molecular weight is 599 g/mol. The Bertz CT molecular complexity index is 815. The molecule has 0 aliphatic carbocycles. The maximum atomic E-state index is 12.8. The van der Waals surface area contributed by atoms with Crippen LogP contribution in [0.5, 0.6) is 0 Å². The van der Waals surface area contributed by atoms with Crippen LogP contribution in [0.1, 0.15) is 33.6 Å². The minimum absolute atomic E-state index is 0.168. The second kappa shape index (κ2) is 10.8. The van der Waals surface area contributed by atoms with Crippen LogP contribution < -0.4 is 4.72 Å². The van der Waals surface area contributed by atoms with Crippen LogP contribution in [0.15, 0.2) is 0 Å². The number of rotatable bonds is 10. The average Bonchev–Trinajstić information content (AvgIpc) is 2.62. The Kier molecular flexibility index (Phi) is 11.1. The molecule has 0 aliphatic heterocycles. The van der Waals surface area contributed by atoms with Gasteiger partial charge < -0.3 is 0 Å². The van der Waals surface area contributed by atoms with Gasteiger partial charge in [0, 0.05) is 6.54 Å². The Morgan fingerprint density at radius 1 is 0.611 bits per heavy atom. The summed E-state index contributed by atoms with van der Waals surface area (Å²) < 4.78 is 231. The second-order valence-electron chi connectivity index (χ2n) is 8.20. The molecule has 0 saturated carbocycles. The lowest BCUT2D eigenvalue weighted by molar-refractivity contribution is -0.452. The second-order valence-corrected chi connectivity index (χ2v) is 9.37. The first-order valence-electron chi connectivity index (χ1n) is 8.85. The summed E-state index contributed by atoms with van der Waals surface area (Å²) in [6.45, 7) is 2.49. The molecule has 0 spiro atoms. The van der Waals surface area contributed by atoms with Gasteiger partial charge in [-0.05, 0) is 18.3 Å². The van der Waals surface area contributed by atoms with E-state index in [9.17, 15) is 82.6 Å². The van der Waals surface area contributed by atoms with E-state index in [2.05, 4.69) is 20.8 Å². The van der Waals surface area contributed by atoms with Crippen molar-refractivity contribution in [1.29, 1.82) is 0 Å². The third kappa shape index (κ3) is 7.86. The zero-order valence-electron chi connectivity index (χ0n) is 18.0. The molecule has 1 N–H and O–H groups in total. The van der Waals surface area contributed by atoms with Crippen LogP contribution >= 0.6 is 0 Å². The van der Waals surface area contributed by atoms with Gasteiger partial charge in [0.2, 0.25) is 0 Å². The molecule has 0 rings (SSSR count). The molecule has 220 valence electrons. The minimum Gasteiger partial charge on any atom is -0.244 e. The van der Waals surface area contributed by atoms with E-state index in [1.807, 2.05) is 0 Å². The van der Waals surface area contributed by atoms with E-state index in [4.69, 9.17) is 0 Å². The zero-order valence-corrected chi connectivity index (χ0v) is 18.8. The third-order valence-electron chi connectivity index (χ3n) is 3.94. The molecule has 0 atom stereocenters. The van der Waals surface area contributed by atoms with Crippen LogP contribution in [0.25, 0.3) is 0 Å². The first-order chi connectivity index (χ1) is 15.3. The van der Waals surface area contributed by atoms with Crippen molar-refractivity contribution in [3.05, 3.63) is 0 Å². The third-order valence-corrected chi connectivity index (χ3v) is 4.49. The molecule has 0 aromatic heterocycles. The van der Waals surface area contributed by atoms with Crippen LogP contribution in [0.2, 0.25) is 0 Å². The summed E-state index contributed by atoms with van der Waals surface area (Å²) in [6, 6.07) is 0. The SMILES string of the molecule is CC(C)(C)CCCNS(=O)(=O)F.FCC(F)(F)C(F)(F)C(F)(F)C(F)(F)C(F)(F)C(F)(F)C(F)(F)F. The fourth-order valence-corrected chi connectivity index (χ4v) is 2.28. The van der Waals surface area contributed by atoms with Crippen LogP contribution in [-0.4, -0.2) is 63.3 Å². The van der Waals surface area contributed by atoms with Crippen molar-refractivity contribution >= 4 is 10.4 Å². The number of nitrogens with one attached hydrogen (secondary N) is 1. The Hall–Kier alpha value is -1.28. The Labute approximate surface area is 192 Å². The van der Waals surface area contributed by atoms with Gasteiger partial charge in [-0.1, -0.05) is 24.7 Å². The van der Waals surface area contributed by atoms with Crippen molar-refractivity contribution in [2.24, 2.45) is 5.41 Å². The molecule has 36 heavy (non-hydrogen) atoms. The van der Waals surface area contributed by atoms with Crippen molar-refractivity contribution in [2.75, 3.05) is 13.2 Å². The van der Waals surface area contributed by atoms with Crippen molar-refractivity contribution in [2.45, 2.75) is 75.3 Å². The van der Waals surface area contributed by atoms with E-state index in [0.29, 0.717) is 6.42 Å². The maximum Gasteiger partial charge on any atom is 0.460 e. The van der Waals surface area contributed by atoms with E-state index >= 15 is 0 Å². The molecular weight excluding hydrogens is 581 g/mol. The van der Waals surface area contributed by atoms with E-state index in [1.165, 1.54) is 0 Å². The highest BCUT2D eigenvalue weighted by Crippen LogP contribution is 2.62. The van der Waals surface area contributed by atoms with Gasteiger partial charge in [-0.2, -0.15) is 79.0 Å². The smallest absolute Gasteiger partial charge is 0.244 e. The fraction of sp³-hybridized carbons (Fsp3) is 1.00. The van der Waals surface area contributed by atoms with E-state index in [-0.39, 0.29) is 12.0 Å². The molecule has 0 radical (unpaired) electrons. The molecule has 0 aliphatic rings. The highest BCUT2D eigenvalue weighted by Gasteiger charge is 2.93. The molecular formula is C15H18F17NO2S. The first-order valence-corrected chi connectivity index (χ1v) is 10.2. The fourth-order valence-electron chi connectivity index (χ4n) is 1.90. The van der Waals surface area contributed by atoms with Gasteiger partial charge in [0.1, 0.15) is 0 Å². The minimum atomic E-state index is -8.36. The van der Waals surface area contributed by atoms with Gasteiger partial charge in [0.05, 0.1) is 0 Å². The van der Waals surface area contributed by atoms with Crippen LogP contribution in [-0.2, 0) is 10.4 Å². The standard InChI is InChI=1S/C8H2F16.C7H16FNO2S/c9-1-2(10,11)3(12,13)4(14,15)5(16,17)6(18,19)7(20,21)8(22,23)24;1-7(2,3)5-4-6-9-12(8,10)11/h1H2;9H,4-6H2,1-3H3. The summed E-state index contributed by atoms with van der Waals surface area (Å²) in [7, 11) is -4.49. The molecule has 0 unspecified atom stereocenters. The molecule has 0 amide bonds. The first kappa shape index (κ1) is 36.9. The van der Waals surface area contributed by atoms with Crippen molar-refractivity contribution in [3.8, 4) is 0 Å². The monoisotopic (exact) mass is 599 g/mol. The summed E-state index contributed by atoms with van der Waals surface area (Å²) in [5.74, 6) is -47.4. The van der Waals surface area contributed by atoms with Gasteiger partial charge in [0.25, 0.3) is 0 Å². The summed E-state index contributed by atoms with van der Waals surface area (Å²) in [5.41, 5.74) is 0.168. The van der Waals surface area contributed by atoms with Crippen molar-refractivity contribution < 1.29 is 82.6 Å². The number of hydrogen-bond acceptors (Lipinski definition) is 2. The number of hydrogen-bond donors (Lipinski definition) is 1. The summed E-state index contributed by atoms with van der Waals surface area (Å²) in [6.07, 6.45) is -6.12. The number of halogens is 17. The van der Waals surface area contributed by atoms with Crippen LogP contribution in [0, 0.1) is 5.41 Å². The molecule has 3 nitrogen and oxygen atoms in total.